The molecule has 0 aliphatic heterocycles. The van der Waals surface area contributed by atoms with E-state index in [9.17, 15) is 0 Å². The number of rotatable bonds is 4. The van der Waals surface area contributed by atoms with Crippen LogP contribution in [0.5, 0.6) is 0 Å². The van der Waals surface area contributed by atoms with E-state index in [0.717, 1.165) is 0 Å². The van der Waals surface area contributed by atoms with Crippen molar-refractivity contribution in [2.45, 2.75) is 53.9 Å². The predicted molar refractivity (Wildman–Crippen MR) is 47.9 cm³/mol. The minimum absolute atomic E-state index is 0. The summed E-state index contributed by atoms with van der Waals surface area (Å²) in [5.74, 6) is 1.63. The van der Waals surface area contributed by atoms with E-state index < -0.39 is 0 Å². The minimum Gasteiger partial charge on any atom is -0.316 e. The fraction of sp³-hybridized carbons (Fsp3) is 0.900. The molecule has 0 aromatic heterocycles. The zero-order chi connectivity index (χ0) is 8.20. The molecule has 0 saturated heterocycles. The van der Waals surface area contributed by atoms with Crippen LogP contribution >= 0.6 is 0 Å². The van der Waals surface area contributed by atoms with Crippen molar-refractivity contribution in [1.82, 2.24) is 0 Å². The van der Waals surface area contributed by atoms with Crippen LogP contribution in [0.4, 0.5) is 0 Å². The molecule has 0 aliphatic rings. The van der Waals surface area contributed by atoms with Gasteiger partial charge in [0.05, 0.1) is 0 Å². The molecule has 0 spiro atoms. The fourth-order valence-corrected chi connectivity index (χ4v) is 1.07. The Bertz CT molecular complexity index is 86.9. The average molecular weight is 192 g/mol. The molecule has 0 N–H and O–H groups in total. The summed E-state index contributed by atoms with van der Waals surface area (Å²) in [5, 5.41) is 0. The Labute approximate surface area is 84.0 Å². The molecule has 0 bridgehead atoms. The summed E-state index contributed by atoms with van der Waals surface area (Å²) in [4.78, 5) is 0. The number of hydrogen-bond donors (Lipinski definition) is 0. The van der Waals surface area contributed by atoms with E-state index in [2.05, 4.69) is 34.6 Å². The van der Waals surface area contributed by atoms with Gasteiger partial charge >= 0.3 is 0 Å². The van der Waals surface area contributed by atoms with Gasteiger partial charge in [-0.15, -0.1) is 0 Å². The minimum atomic E-state index is 0. The molecule has 0 aromatic carbocycles. The van der Waals surface area contributed by atoms with Gasteiger partial charge in [0.2, 0.25) is 0 Å². The molecular formula is C10H21V-. The van der Waals surface area contributed by atoms with Crippen LogP contribution in [-0.2, 0) is 18.6 Å². The molecule has 0 aromatic rings. The van der Waals surface area contributed by atoms with Crippen LogP contribution in [0.2, 0.25) is 0 Å². The van der Waals surface area contributed by atoms with Crippen LogP contribution in [-0.4, -0.2) is 0 Å². The molecule has 0 rings (SSSR count). The second-order valence-corrected chi connectivity index (χ2v) is 4.01. The van der Waals surface area contributed by atoms with Crippen molar-refractivity contribution < 1.29 is 18.6 Å². The SMILES string of the molecule is CC[C-](C)CC(C)(C)CC.[V]. The summed E-state index contributed by atoms with van der Waals surface area (Å²) in [6.07, 6.45) is 3.81. The largest absolute Gasteiger partial charge is 0.316 e. The van der Waals surface area contributed by atoms with Crippen LogP contribution in [0, 0.1) is 11.3 Å². The van der Waals surface area contributed by atoms with Crippen molar-refractivity contribution in [1.29, 1.82) is 0 Å². The van der Waals surface area contributed by atoms with Crippen LogP contribution in [0.3, 0.4) is 0 Å². The first-order valence-electron chi connectivity index (χ1n) is 4.33. The van der Waals surface area contributed by atoms with Gasteiger partial charge in [0, 0.05) is 18.6 Å². The van der Waals surface area contributed by atoms with E-state index in [4.69, 9.17) is 0 Å². The zero-order valence-corrected chi connectivity index (χ0v) is 9.97. The molecule has 0 amide bonds. The average Bonchev–Trinajstić information content (AvgIpc) is 1.87. The standard InChI is InChI=1S/C10H21.V/c1-6-9(3)8-10(4,5)7-2;/h6-8H2,1-5H3;/q-1;. The van der Waals surface area contributed by atoms with Crippen LogP contribution < -0.4 is 0 Å². The van der Waals surface area contributed by atoms with E-state index in [1.165, 1.54) is 19.3 Å². The molecule has 0 aliphatic carbocycles. The molecule has 1 radical (unpaired) electrons. The van der Waals surface area contributed by atoms with Gasteiger partial charge in [-0.25, -0.2) is 0 Å². The van der Waals surface area contributed by atoms with Gasteiger partial charge in [-0.2, -0.15) is 19.8 Å². The smallest absolute Gasteiger partial charge is 0 e. The Morgan fingerprint density at radius 1 is 1.18 bits per heavy atom. The second-order valence-electron chi connectivity index (χ2n) is 4.01. The van der Waals surface area contributed by atoms with Gasteiger partial charge in [0.25, 0.3) is 0 Å². The molecule has 11 heavy (non-hydrogen) atoms. The summed E-state index contributed by atoms with van der Waals surface area (Å²) < 4.78 is 0. The van der Waals surface area contributed by atoms with Crippen LogP contribution in [0.1, 0.15) is 53.9 Å². The third-order valence-electron chi connectivity index (χ3n) is 2.34. The molecule has 0 heterocycles. The van der Waals surface area contributed by atoms with Crippen molar-refractivity contribution in [3.05, 3.63) is 5.92 Å². The molecule has 0 nitrogen and oxygen atoms in total. The van der Waals surface area contributed by atoms with Crippen LogP contribution in [0.15, 0.2) is 0 Å². The molecule has 1 heteroatoms. The summed E-state index contributed by atoms with van der Waals surface area (Å²) in [7, 11) is 0. The molecule has 0 saturated carbocycles. The normalized spacial score (nSPS) is 11.5. The van der Waals surface area contributed by atoms with E-state index in [1.807, 2.05) is 0 Å². The van der Waals surface area contributed by atoms with E-state index in [0.29, 0.717) is 5.41 Å². The maximum absolute atomic E-state index is 2.34. The van der Waals surface area contributed by atoms with Crippen molar-refractivity contribution in [3.8, 4) is 0 Å². The molecule has 0 unspecified atom stereocenters. The molecule has 0 fully saturated rings. The van der Waals surface area contributed by atoms with E-state index in [-0.39, 0.29) is 18.6 Å². The third-order valence-corrected chi connectivity index (χ3v) is 2.34. The Hall–Kier alpha value is 0.584. The Morgan fingerprint density at radius 3 is 1.91 bits per heavy atom. The topological polar surface area (TPSA) is 0 Å². The van der Waals surface area contributed by atoms with Gasteiger partial charge in [-0.1, -0.05) is 39.5 Å². The maximum atomic E-state index is 2.34. The quantitative estimate of drug-likeness (QED) is 0.594. The third kappa shape index (κ3) is 6.96. The van der Waals surface area contributed by atoms with Crippen molar-refractivity contribution in [3.63, 3.8) is 0 Å². The van der Waals surface area contributed by atoms with E-state index in [1.54, 1.807) is 5.92 Å². The van der Waals surface area contributed by atoms with Crippen molar-refractivity contribution in [2.24, 2.45) is 5.41 Å². The summed E-state index contributed by atoms with van der Waals surface area (Å²) in [6, 6.07) is 0. The van der Waals surface area contributed by atoms with Gasteiger partial charge in [-0.05, 0) is 0 Å². The molecule has 67 valence electrons. The van der Waals surface area contributed by atoms with Gasteiger partial charge in [0.15, 0.2) is 0 Å². The summed E-state index contributed by atoms with van der Waals surface area (Å²) in [6.45, 7) is 11.4. The Kier molecular flexibility index (Phi) is 7.89. The predicted octanol–water partition coefficient (Wildman–Crippen LogP) is 3.81. The Morgan fingerprint density at radius 2 is 1.64 bits per heavy atom. The first-order valence-corrected chi connectivity index (χ1v) is 4.33. The van der Waals surface area contributed by atoms with Crippen LogP contribution in [0.25, 0.3) is 0 Å². The first kappa shape index (κ1) is 14.1. The first-order chi connectivity index (χ1) is 4.52. The van der Waals surface area contributed by atoms with Gasteiger partial charge < -0.3 is 5.92 Å². The number of hydrogen-bond acceptors (Lipinski definition) is 0. The second kappa shape index (κ2) is 6.14. The Balaban J connectivity index is 0. The molecule has 0 atom stereocenters. The zero-order valence-electron chi connectivity index (χ0n) is 8.57. The molecular weight excluding hydrogens is 171 g/mol. The van der Waals surface area contributed by atoms with Crippen molar-refractivity contribution >= 4 is 0 Å². The van der Waals surface area contributed by atoms with E-state index >= 15 is 0 Å². The van der Waals surface area contributed by atoms with Gasteiger partial charge in [0.1, 0.15) is 0 Å². The summed E-state index contributed by atoms with van der Waals surface area (Å²) in [5.41, 5.74) is 0.528. The van der Waals surface area contributed by atoms with Gasteiger partial charge in [-0.3, -0.25) is 0 Å². The van der Waals surface area contributed by atoms with Crippen molar-refractivity contribution in [2.75, 3.05) is 0 Å². The monoisotopic (exact) mass is 192 g/mol. The maximum Gasteiger partial charge on any atom is 0 e. The summed E-state index contributed by atoms with van der Waals surface area (Å²) >= 11 is 0. The fourth-order valence-electron chi connectivity index (χ4n) is 1.07.